The Bertz CT molecular complexity index is 2040. The fourth-order valence-electron chi connectivity index (χ4n) is 8.70. The summed E-state index contributed by atoms with van der Waals surface area (Å²) in [6.07, 6.45) is 19.8. The highest BCUT2D eigenvalue weighted by atomic mass is 15.1. The minimum Gasteiger partial charge on any atom is -0.310 e. The SMILES string of the molecule is C=Cc1ccc(N(c2ccc(-c3ccc([N+](=C4CCCC5CCCCC45)c4ccc(C=C)cc4)cc3)cc2)c2cccc3c2CCC=C3)cc1. The molecule has 0 heterocycles. The molecule has 2 unspecified atom stereocenters. The molecule has 50 heavy (non-hydrogen) atoms. The van der Waals surface area contributed by atoms with Crippen LogP contribution in [0.1, 0.15) is 73.6 Å². The van der Waals surface area contributed by atoms with Gasteiger partial charge in [-0.2, -0.15) is 4.58 Å². The van der Waals surface area contributed by atoms with Gasteiger partial charge in [0.15, 0.2) is 5.71 Å². The fourth-order valence-corrected chi connectivity index (χ4v) is 8.70. The zero-order valence-electron chi connectivity index (χ0n) is 29.1. The zero-order valence-corrected chi connectivity index (χ0v) is 29.1. The molecular formula is C48H47N2+. The van der Waals surface area contributed by atoms with Crippen molar-refractivity contribution in [1.29, 1.82) is 0 Å². The van der Waals surface area contributed by atoms with E-state index in [9.17, 15) is 0 Å². The summed E-state index contributed by atoms with van der Waals surface area (Å²) in [6, 6.07) is 42.7. The molecule has 2 saturated carbocycles. The smallest absolute Gasteiger partial charge is 0.211 e. The molecule has 3 aliphatic rings. The van der Waals surface area contributed by atoms with E-state index >= 15 is 0 Å². The van der Waals surface area contributed by atoms with Crippen LogP contribution in [0.2, 0.25) is 0 Å². The number of fused-ring (bicyclic) bond motifs is 2. The van der Waals surface area contributed by atoms with E-state index in [1.165, 1.54) is 84.3 Å². The molecule has 0 bridgehead atoms. The Morgan fingerprint density at radius 2 is 1.18 bits per heavy atom. The summed E-state index contributed by atoms with van der Waals surface area (Å²) in [5, 5.41) is 0. The van der Waals surface area contributed by atoms with Gasteiger partial charge in [0.25, 0.3) is 0 Å². The van der Waals surface area contributed by atoms with Gasteiger partial charge < -0.3 is 4.90 Å². The van der Waals surface area contributed by atoms with Gasteiger partial charge in [-0.25, -0.2) is 0 Å². The molecule has 0 spiro atoms. The van der Waals surface area contributed by atoms with Gasteiger partial charge in [-0.15, -0.1) is 0 Å². The first-order chi connectivity index (χ1) is 24.7. The minimum absolute atomic E-state index is 0.686. The van der Waals surface area contributed by atoms with Crippen molar-refractivity contribution in [2.24, 2.45) is 11.8 Å². The second-order valence-corrected chi connectivity index (χ2v) is 14.2. The van der Waals surface area contributed by atoms with Gasteiger partial charge in [-0.05, 0) is 132 Å². The lowest BCUT2D eigenvalue weighted by atomic mass is 9.69. The van der Waals surface area contributed by atoms with Crippen molar-refractivity contribution in [3.05, 3.63) is 157 Å². The maximum atomic E-state index is 3.99. The van der Waals surface area contributed by atoms with Crippen LogP contribution >= 0.6 is 0 Å². The van der Waals surface area contributed by atoms with Crippen LogP contribution in [0.5, 0.6) is 0 Å². The number of hydrogen-bond donors (Lipinski definition) is 0. The number of nitrogens with zero attached hydrogens (tertiary/aromatic N) is 2. The lowest BCUT2D eigenvalue weighted by molar-refractivity contribution is 0.259. The summed E-state index contributed by atoms with van der Waals surface area (Å²) in [5.41, 5.74) is 15.1. The monoisotopic (exact) mass is 651 g/mol. The highest BCUT2D eigenvalue weighted by molar-refractivity contribution is 5.93. The molecule has 2 nitrogen and oxygen atoms in total. The van der Waals surface area contributed by atoms with E-state index in [2.05, 4.69) is 150 Å². The lowest BCUT2D eigenvalue weighted by Crippen LogP contribution is -2.36. The molecule has 8 rings (SSSR count). The Balaban J connectivity index is 1.14. The third kappa shape index (κ3) is 6.31. The Labute approximate surface area is 298 Å². The number of hydrogen-bond acceptors (Lipinski definition) is 1. The summed E-state index contributed by atoms with van der Waals surface area (Å²) in [6.45, 7) is 7.95. The molecule has 0 aliphatic heterocycles. The van der Waals surface area contributed by atoms with Crippen molar-refractivity contribution < 1.29 is 0 Å². The van der Waals surface area contributed by atoms with Crippen molar-refractivity contribution >= 4 is 52.4 Å². The first-order valence-corrected chi connectivity index (χ1v) is 18.6. The lowest BCUT2D eigenvalue weighted by Gasteiger charge is -2.35. The summed E-state index contributed by atoms with van der Waals surface area (Å²) >= 11 is 0. The van der Waals surface area contributed by atoms with E-state index in [0.717, 1.165) is 41.3 Å². The predicted octanol–water partition coefficient (Wildman–Crippen LogP) is 13.3. The molecule has 0 radical (unpaired) electrons. The minimum atomic E-state index is 0.686. The molecule has 5 aromatic rings. The maximum absolute atomic E-state index is 3.99. The van der Waals surface area contributed by atoms with E-state index in [-0.39, 0.29) is 0 Å². The van der Waals surface area contributed by atoms with Gasteiger partial charge in [0.1, 0.15) is 0 Å². The van der Waals surface area contributed by atoms with Crippen molar-refractivity contribution in [3.63, 3.8) is 0 Å². The third-order valence-electron chi connectivity index (χ3n) is 11.3. The second-order valence-electron chi connectivity index (χ2n) is 14.2. The number of rotatable bonds is 8. The molecule has 248 valence electrons. The van der Waals surface area contributed by atoms with Crippen LogP contribution in [0.25, 0.3) is 29.4 Å². The van der Waals surface area contributed by atoms with Gasteiger partial charge in [0.05, 0.1) is 0 Å². The van der Waals surface area contributed by atoms with Crippen LogP contribution in [0.4, 0.5) is 28.4 Å². The molecule has 3 aliphatic carbocycles. The summed E-state index contributed by atoms with van der Waals surface area (Å²) in [5.74, 6) is 1.52. The first kappa shape index (κ1) is 32.0. The van der Waals surface area contributed by atoms with Crippen LogP contribution in [-0.4, -0.2) is 5.71 Å². The molecule has 0 amide bonds. The molecular weight excluding hydrogens is 605 g/mol. The topological polar surface area (TPSA) is 6.25 Å². The molecule has 2 heteroatoms. The average Bonchev–Trinajstić information content (AvgIpc) is 3.19. The van der Waals surface area contributed by atoms with Crippen molar-refractivity contribution in [1.82, 2.24) is 4.58 Å². The molecule has 5 aromatic carbocycles. The van der Waals surface area contributed by atoms with Gasteiger partial charge in [0.2, 0.25) is 11.4 Å². The third-order valence-corrected chi connectivity index (χ3v) is 11.3. The van der Waals surface area contributed by atoms with Crippen LogP contribution in [-0.2, 0) is 6.42 Å². The molecule has 2 atom stereocenters. The normalized spacial score (nSPS) is 19.2. The van der Waals surface area contributed by atoms with E-state index in [4.69, 9.17) is 0 Å². The van der Waals surface area contributed by atoms with Crippen molar-refractivity contribution in [2.75, 3.05) is 4.90 Å². The zero-order chi connectivity index (χ0) is 33.9. The van der Waals surface area contributed by atoms with E-state index in [1.54, 1.807) is 5.71 Å². The molecule has 0 saturated heterocycles. The van der Waals surface area contributed by atoms with Crippen LogP contribution < -0.4 is 9.48 Å². The molecule has 0 aromatic heterocycles. The Morgan fingerprint density at radius 3 is 1.86 bits per heavy atom. The highest BCUT2D eigenvalue weighted by Crippen LogP contribution is 2.42. The maximum Gasteiger partial charge on any atom is 0.211 e. The quantitative estimate of drug-likeness (QED) is 0.151. The van der Waals surface area contributed by atoms with Crippen LogP contribution in [0.15, 0.2) is 134 Å². The average molecular weight is 652 g/mol. The van der Waals surface area contributed by atoms with E-state index < -0.39 is 0 Å². The van der Waals surface area contributed by atoms with Gasteiger partial charge in [-0.1, -0.05) is 86.7 Å². The van der Waals surface area contributed by atoms with Crippen molar-refractivity contribution in [3.8, 4) is 11.1 Å². The summed E-state index contributed by atoms with van der Waals surface area (Å²) in [4.78, 5) is 2.41. The molecule has 2 fully saturated rings. The Hall–Kier alpha value is -5.21. The van der Waals surface area contributed by atoms with Crippen LogP contribution in [0.3, 0.4) is 0 Å². The van der Waals surface area contributed by atoms with Gasteiger partial charge >= 0.3 is 0 Å². The fraction of sp³-hybridized carbons (Fsp3) is 0.229. The van der Waals surface area contributed by atoms with E-state index in [0.29, 0.717) is 5.92 Å². The Kier molecular flexibility index (Phi) is 9.18. The van der Waals surface area contributed by atoms with Gasteiger partial charge in [0, 0.05) is 53.7 Å². The Morgan fingerprint density at radius 1 is 0.600 bits per heavy atom. The first-order valence-electron chi connectivity index (χ1n) is 18.6. The summed E-state index contributed by atoms with van der Waals surface area (Å²) in [7, 11) is 0. The summed E-state index contributed by atoms with van der Waals surface area (Å²) < 4.78 is 2.59. The van der Waals surface area contributed by atoms with Gasteiger partial charge in [-0.3, -0.25) is 0 Å². The molecule has 0 N–H and O–H groups in total. The van der Waals surface area contributed by atoms with Crippen molar-refractivity contribution in [2.45, 2.75) is 57.8 Å². The van der Waals surface area contributed by atoms with Crippen LogP contribution in [0, 0.1) is 11.8 Å². The standard InChI is InChI=1S/C48H47N2/c1-3-35-19-27-41(28-20-35)49(47-17-9-13-39-11-5-7-15-45(39)47)43-31-23-37(24-32-43)38-25-33-44(34-26-38)50(42-29-21-36(4-2)22-30-42)48-18-10-14-40-12-6-8-16-46(40)48/h3-5,9,11,13,17,19-34,40,46H,1-2,6-8,10,12,14-16,18H2/q+1. The number of allylic oxidation sites excluding steroid dienone is 1. The largest absolute Gasteiger partial charge is 0.310 e. The predicted molar refractivity (Wildman–Crippen MR) is 216 cm³/mol. The highest BCUT2D eigenvalue weighted by Gasteiger charge is 2.38. The second kappa shape index (κ2) is 14.3. The number of benzene rings is 5. The van der Waals surface area contributed by atoms with E-state index in [1.807, 2.05) is 12.2 Å². The number of anilines is 3.